The molecule has 4 nitrogen and oxygen atoms in total. The maximum Gasteiger partial charge on any atom is 0.321 e. The van der Waals surface area contributed by atoms with E-state index in [9.17, 15) is 9.90 Å². The summed E-state index contributed by atoms with van der Waals surface area (Å²) in [5.41, 5.74) is 0.742. The number of hydrogen-bond acceptors (Lipinski definition) is 4. The van der Waals surface area contributed by atoms with Crippen molar-refractivity contribution in [2.45, 2.75) is 11.4 Å². The van der Waals surface area contributed by atoms with E-state index in [2.05, 4.69) is 5.32 Å². The molecule has 0 saturated carbocycles. The first-order valence-corrected chi connectivity index (χ1v) is 5.61. The maximum atomic E-state index is 10.7. The first-order chi connectivity index (χ1) is 7.18. The van der Waals surface area contributed by atoms with E-state index in [0.717, 1.165) is 5.56 Å². The number of carbonyl (C=O) groups is 1. The fraction of sp³-hybridized carbons (Fsp3) is 0.300. The summed E-state index contributed by atoms with van der Waals surface area (Å²) in [7, 11) is 0. The molecule has 5 heteroatoms. The molecule has 0 spiro atoms. The molecule has 1 heterocycles. The summed E-state index contributed by atoms with van der Waals surface area (Å²) in [5.74, 6) is -0.122. The Kier molecular flexibility index (Phi) is 2.83. The van der Waals surface area contributed by atoms with Crippen LogP contribution >= 0.6 is 11.8 Å². The second-order valence-electron chi connectivity index (χ2n) is 3.33. The first kappa shape index (κ1) is 10.3. The van der Waals surface area contributed by atoms with Gasteiger partial charge in [0.1, 0.15) is 11.8 Å². The number of thioether (sulfide) groups is 1. The van der Waals surface area contributed by atoms with Crippen molar-refractivity contribution in [1.82, 2.24) is 5.32 Å². The summed E-state index contributed by atoms with van der Waals surface area (Å²) in [6, 6.07) is 6.44. The van der Waals surface area contributed by atoms with Gasteiger partial charge in [-0.1, -0.05) is 18.2 Å². The molecule has 0 aromatic heterocycles. The number of aliphatic carboxylic acids is 1. The highest BCUT2D eigenvalue weighted by atomic mass is 32.2. The molecule has 1 aliphatic rings. The molecule has 0 radical (unpaired) electrons. The number of rotatable bonds is 2. The van der Waals surface area contributed by atoms with Crippen LogP contribution < -0.4 is 5.32 Å². The number of benzene rings is 1. The van der Waals surface area contributed by atoms with Gasteiger partial charge in [-0.05, 0) is 6.07 Å². The van der Waals surface area contributed by atoms with E-state index in [4.69, 9.17) is 5.11 Å². The van der Waals surface area contributed by atoms with Crippen LogP contribution in [0.4, 0.5) is 0 Å². The number of carboxylic acid groups (broad SMARTS) is 1. The van der Waals surface area contributed by atoms with Crippen molar-refractivity contribution >= 4 is 17.7 Å². The Labute approximate surface area is 91.3 Å². The van der Waals surface area contributed by atoms with Crippen LogP contribution in [0.15, 0.2) is 24.3 Å². The van der Waals surface area contributed by atoms with Gasteiger partial charge in [-0.25, -0.2) is 0 Å². The molecule has 80 valence electrons. The molecule has 15 heavy (non-hydrogen) atoms. The van der Waals surface area contributed by atoms with Gasteiger partial charge in [0.05, 0.1) is 5.37 Å². The minimum absolute atomic E-state index is 0.132. The average Bonchev–Trinajstić information content (AvgIpc) is 2.67. The highest BCUT2D eigenvalue weighted by Gasteiger charge is 2.31. The second kappa shape index (κ2) is 4.12. The Morgan fingerprint density at radius 3 is 2.80 bits per heavy atom. The van der Waals surface area contributed by atoms with Crippen LogP contribution in [-0.4, -0.2) is 28.0 Å². The summed E-state index contributed by atoms with van der Waals surface area (Å²) in [4.78, 5) is 10.7. The van der Waals surface area contributed by atoms with Gasteiger partial charge >= 0.3 is 5.97 Å². The molecule has 0 unspecified atom stereocenters. The molecule has 1 saturated heterocycles. The van der Waals surface area contributed by atoms with Crippen molar-refractivity contribution in [1.29, 1.82) is 0 Å². The van der Waals surface area contributed by atoms with Crippen molar-refractivity contribution in [3.05, 3.63) is 29.8 Å². The molecule has 0 aliphatic carbocycles. The van der Waals surface area contributed by atoms with Gasteiger partial charge in [-0.15, -0.1) is 11.8 Å². The van der Waals surface area contributed by atoms with Crippen LogP contribution in [0.5, 0.6) is 5.75 Å². The van der Waals surface area contributed by atoms with E-state index in [0.29, 0.717) is 5.75 Å². The Morgan fingerprint density at radius 1 is 1.47 bits per heavy atom. The van der Waals surface area contributed by atoms with Crippen LogP contribution in [0.3, 0.4) is 0 Å². The van der Waals surface area contributed by atoms with Crippen LogP contribution in [-0.2, 0) is 4.79 Å². The van der Waals surface area contributed by atoms with E-state index < -0.39 is 12.0 Å². The summed E-state index contributed by atoms with van der Waals surface area (Å²) >= 11 is 1.49. The van der Waals surface area contributed by atoms with Gasteiger partial charge in [-0.2, -0.15) is 0 Å². The number of nitrogens with one attached hydrogen (secondary N) is 1. The lowest BCUT2D eigenvalue weighted by Gasteiger charge is -2.12. The molecule has 1 aliphatic heterocycles. The molecule has 0 bridgehead atoms. The molecule has 1 fully saturated rings. The molecule has 1 aromatic rings. The zero-order valence-electron chi connectivity index (χ0n) is 7.88. The third-order valence-corrected chi connectivity index (χ3v) is 3.55. The van der Waals surface area contributed by atoms with Crippen LogP contribution in [0.1, 0.15) is 10.9 Å². The van der Waals surface area contributed by atoms with E-state index in [1.807, 2.05) is 6.07 Å². The fourth-order valence-electron chi connectivity index (χ4n) is 1.50. The van der Waals surface area contributed by atoms with E-state index in [-0.39, 0.29) is 11.1 Å². The summed E-state index contributed by atoms with van der Waals surface area (Å²) < 4.78 is 0. The largest absolute Gasteiger partial charge is 0.508 e. The smallest absolute Gasteiger partial charge is 0.321 e. The molecular weight excluding hydrogens is 214 g/mol. The average molecular weight is 225 g/mol. The van der Waals surface area contributed by atoms with Crippen molar-refractivity contribution in [2.24, 2.45) is 0 Å². The first-order valence-electron chi connectivity index (χ1n) is 4.57. The van der Waals surface area contributed by atoms with Gasteiger partial charge in [0.15, 0.2) is 0 Å². The third-order valence-electron chi connectivity index (χ3n) is 2.30. The van der Waals surface area contributed by atoms with E-state index in [1.54, 1.807) is 18.2 Å². The summed E-state index contributed by atoms with van der Waals surface area (Å²) in [6.07, 6.45) is 0. The zero-order chi connectivity index (χ0) is 10.8. The SMILES string of the molecule is O=C(O)[C@H]1CS[C@@H](c2ccccc2O)N1. The highest BCUT2D eigenvalue weighted by Crippen LogP contribution is 2.36. The normalized spacial score (nSPS) is 25.3. The summed E-state index contributed by atoms with van der Waals surface area (Å²) in [6.45, 7) is 0. The van der Waals surface area contributed by atoms with Crippen molar-refractivity contribution in [3.8, 4) is 5.75 Å². The number of phenolic OH excluding ortho intramolecular Hbond substituents is 1. The van der Waals surface area contributed by atoms with Gasteiger partial charge < -0.3 is 10.2 Å². The predicted octanol–water partition coefficient (Wildman–Crippen LogP) is 1.18. The predicted molar refractivity (Wildman–Crippen MR) is 57.9 cm³/mol. The monoisotopic (exact) mass is 225 g/mol. The maximum absolute atomic E-state index is 10.7. The van der Waals surface area contributed by atoms with Crippen LogP contribution in [0, 0.1) is 0 Å². The fourth-order valence-corrected chi connectivity index (χ4v) is 2.77. The summed E-state index contributed by atoms with van der Waals surface area (Å²) in [5, 5.41) is 21.2. The van der Waals surface area contributed by atoms with E-state index in [1.165, 1.54) is 11.8 Å². The Bertz CT molecular complexity index is 383. The number of phenols is 1. The minimum atomic E-state index is -0.847. The minimum Gasteiger partial charge on any atom is -0.508 e. The van der Waals surface area contributed by atoms with Crippen LogP contribution in [0.2, 0.25) is 0 Å². The topological polar surface area (TPSA) is 69.6 Å². The number of para-hydroxylation sites is 1. The quantitative estimate of drug-likeness (QED) is 0.705. The van der Waals surface area contributed by atoms with Crippen LogP contribution in [0.25, 0.3) is 0 Å². The number of carboxylic acids is 1. The van der Waals surface area contributed by atoms with Crippen molar-refractivity contribution < 1.29 is 15.0 Å². The zero-order valence-corrected chi connectivity index (χ0v) is 8.70. The standard InChI is InChI=1S/C10H11NO3S/c12-8-4-2-1-3-6(8)9-11-7(5-15-9)10(13)14/h1-4,7,9,11-12H,5H2,(H,13,14)/t7-,9+/m1/s1. The third kappa shape index (κ3) is 2.08. The van der Waals surface area contributed by atoms with Gasteiger partial charge in [-0.3, -0.25) is 10.1 Å². The molecule has 3 N–H and O–H groups in total. The molecular formula is C10H11NO3S. The van der Waals surface area contributed by atoms with E-state index >= 15 is 0 Å². The lowest BCUT2D eigenvalue weighted by molar-refractivity contribution is -0.138. The van der Waals surface area contributed by atoms with Gasteiger partial charge in [0, 0.05) is 11.3 Å². The second-order valence-corrected chi connectivity index (χ2v) is 4.47. The highest BCUT2D eigenvalue weighted by molar-refractivity contribution is 7.99. The Morgan fingerprint density at radius 2 is 2.20 bits per heavy atom. The molecule has 0 amide bonds. The van der Waals surface area contributed by atoms with Crippen molar-refractivity contribution in [3.63, 3.8) is 0 Å². The lowest BCUT2D eigenvalue weighted by atomic mass is 10.2. The number of aromatic hydroxyl groups is 1. The molecule has 1 aromatic carbocycles. The molecule has 2 rings (SSSR count). The van der Waals surface area contributed by atoms with Crippen molar-refractivity contribution in [2.75, 3.05) is 5.75 Å². The Balaban J connectivity index is 2.14. The van der Waals surface area contributed by atoms with Gasteiger partial charge in [0.25, 0.3) is 0 Å². The molecule has 2 atom stereocenters. The Hall–Kier alpha value is -1.20. The van der Waals surface area contributed by atoms with Gasteiger partial charge in [0.2, 0.25) is 0 Å². The lowest BCUT2D eigenvalue weighted by Crippen LogP contribution is -2.33. The number of hydrogen-bond donors (Lipinski definition) is 3.